The second-order valence-electron chi connectivity index (χ2n) is 2.82. The summed E-state index contributed by atoms with van der Waals surface area (Å²) in [6, 6.07) is 0. The van der Waals surface area contributed by atoms with Gasteiger partial charge in [-0.1, -0.05) is 12.5 Å². The standard InChI is InChI=1S/C8H12F2/c1-3-6-4-7(5(6)2)8(9)10/h6,8H,3-4H2,1-2H3. The average molecular weight is 146 g/mol. The Bertz CT molecular complexity index is 159. The molecule has 0 N–H and O–H groups in total. The maximum absolute atomic E-state index is 12.0. The molecule has 1 atom stereocenters. The van der Waals surface area contributed by atoms with Crippen molar-refractivity contribution in [1.82, 2.24) is 0 Å². The number of hydrogen-bond acceptors (Lipinski definition) is 0. The normalized spacial score (nSPS) is 25.5. The highest BCUT2D eigenvalue weighted by atomic mass is 19.3. The molecule has 10 heavy (non-hydrogen) atoms. The van der Waals surface area contributed by atoms with Gasteiger partial charge in [0.25, 0.3) is 6.43 Å². The molecular formula is C8H12F2. The molecule has 0 bridgehead atoms. The Labute approximate surface area is 59.9 Å². The van der Waals surface area contributed by atoms with Gasteiger partial charge >= 0.3 is 0 Å². The highest BCUT2D eigenvalue weighted by Gasteiger charge is 2.29. The van der Waals surface area contributed by atoms with Gasteiger partial charge in [-0.05, 0) is 31.3 Å². The van der Waals surface area contributed by atoms with Crippen LogP contribution in [0.1, 0.15) is 26.7 Å². The lowest BCUT2D eigenvalue weighted by Crippen LogP contribution is -2.20. The lowest BCUT2D eigenvalue weighted by atomic mass is 9.77. The molecule has 0 aliphatic heterocycles. The zero-order valence-corrected chi connectivity index (χ0v) is 6.32. The van der Waals surface area contributed by atoms with Crippen LogP contribution in [0.3, 0.4) is 0 Å². The SMILES string of the molecule is CCC1CC(C(F)F)=C1C. The van der Waals surface area contributed by atoms with Gasteiger partial charge in [-0.3, -0.25) is 0 Å². The van der Waals surface area contributed by atoms with Crippen LogP contribution in [0.4, 0.5) is 8.78 Å². The number of halogens is 2. The van der Waals surface area contributed by atoms with Crippen LogP contribution in [0.5, 0.6) is 0 Å². The summed E-state index contributed by atoms with van der Waals surface area (Å²) in [5, 5.41) is 0. The minimum atomic E-state index is -2.21. The molecule has 0 nitrogen and oxygen atoms in total. The van der Waals surface area contributed by atoms with Crippen LogP contribution in [0.15, 0.2) is 11.1 Å². The minimum absolute atomic E-state index is 0.381. The van der Waals surface area contributed by atoms with Crippen molar-refractivity contribution in [1.29, 1.82) is 0 Å². The predicted octanol–water partition coefficient (Wildman–Crippen LogP) is 3.00. The van der Waals surface area contributed by atoms with E-state index in [-0.39, 0.29) is 0 Å². The fraction of sp³-hybridized carbons (Fsp3) is 0.750. The van der Waals surface area contributed by atoms with E-state index in [1.807, 2.05) is 13.8 Å². The van der Waals surface area contributed by atoms with Crippen molar-refractivity contribution in [2.75, 3.05) is 0 Å². The number of hydrogen-bond donors (Lipinski definition) is 0. The first kappa shape index (κ1) is 7.70. The van der Waals surface area contributed by atoms with Crippen LogP contribution in [-0.4, -0.2) is 6.43 Å². The second-order valence-corrected chi connectivity index (χ2v) is 2.82. The molecule has 0 aromatic carbocycles. The van der Waals surface area contributed by atoms with Crippen molar-refractivity contribution in [3.63, 3.8) is 0 Å². The van der Waals surface area contributed by atoms with Gasteiger partial charge in [0.2, 0.25) is 0 Å². The van der Waals surface area contributed by atoms with E-state index >= 15 is 0 Å². The van der Waals surface area contributed by atoms with Crippen LogP contribution in [0.2, 0.25) is 0 Å². The van der Waals surface area contributed by atoms with E-state index < -0.39 is 6.43 Å². The number of allylic oxidation sites excluding steroid dienone is 2. The van der Waals surface area contributed by atoms with Crippen molar-refractivity contribution in [3.8, 4) is 0 Å². The molecule has 0 fully saturated rings. The van der Waals surface area contributed by atoms with E-state index in [2.05, 4.69) is 0 Å². The van der Waals surface area contributed by atoms with Gasteiger partial charge in [0.15, 0.2) is 0 Å². The Morgan fingerprint density at radius 2 is 2.20 bits per heavy atom. The van der Waals surface area contributed by atoms with Crippen LogP contribution >= 0.6 is 0 Å². The van der Waals surface area contributed by atoms with Crippen LogP contribution < -0.4 is 0 Å². The van der Waals surface area contributed by atoms with Crippen LogP contribution in [0, 0.1) is 5.92 Å². The van der Waals surface area contributed by atoms with Gasteiger partial charge in [0.1, 0.15) is 0 Å². The Morgan fingerprint density at radius 3 is 2.50 bits per heavy atom. The molecular weight excluding hydrogens is 134 g/mol. The molecule has 1 rings (SSSR count). The summed E-state index contributed by atoms with van der Waals surface area (Å²) >= 11 is 0. The minimum Gasteiger partial charge on any atom is -0.205 e. The van der Waals surface area contributed by atoms with Crippen molar-refractivity contribution >= 4 is 0 Å². The summed E-state index contributed by atoms with van der Waals surface area (Å²) in [5.74, 6) is 0.448. The van der Waals surface area contributed by atoms with Crippen LogP contribution in [-0.2, 0) is 0 Å². The largest absolute Gasteiger partial charge is 0.260 e. The van der Waals surface area contributed by atoms with E-state index in [1.165, 1.54) is 0 Å². The lowest BCUT2D eigenvalue weighted by Gasteiger charge is -2.30. The van der Waals surface area contributed by atoms with Crippen molar-refractivity contribution < 1.29 is 8.78 Å². The predicted molar refractivity (Wildman–Crippen MR) is 37.1 cm³/mol. The Kier molecular flexibility index (Phi) is 2.07. The molecule has 1 aliphatic rings. The van der Waals surface area contributed by atoms with Gasteiger partial charge in [0, 0.05) is 0 Å². The Morgan fingerprint density at radius 1 is 1.60 bits per heavy atom. The molecule has 2 heteroatoms. The van der Waals surface area contributed by atoms with Crippen molar-refractivity contribution in [2.24, 2.45) is 5.92 Å². The summed E-state index contributed by atoms with van der Waals surface area (Å²) in [6.45, 7) is 3.86. The molecule has 0 saturated carbocycles. The zero-order valence-electron chi connectivity index (χ0n) is 6.32. The number of alkyl halides is 2. The lowest BCUT2D eigenvalue weighted by molar-refractivity contribution is 0.168. The van der Waals surface area contributed by atoms with E-state index in [0.29, 0.717) is 17.9 Å². The molecule has 1 unspecified atom stereocenters. The highest BCUT2D eigenvalue weighted by Crippen LogP contribution is 2.39. The van der Waals surface area contributed by atoms with E-state index in [4.69, 9.17) is 0 Å². The molecule has 0 aromatic rings. The molecule has 0 saturated heterocycles. The number of rotatable bonds is 2. The molecule has 0 heterocycles. The van der Waals surface area contributed by atoms with E-state index in [9.17, 15) is 8.78 Å². The smallest absolute Gasteiger partial charge is 0.205 e. The second kappa shape index (κ2) is 2.69. The first-order valence-corrected chi connectivity index (χ1v) is 3.64. The molecule has 0 amide bonds. The summed E-state index contributed by atoms with van der Waals surface area (Å²) in [5.41, 5.74) is 1.31. The summed E-state index contributed by atoms with van der Waals surface area (Å²) in [6.07, 6.45) is -0.579. The fourth-order valence-corrected chi connectivity index (χ4v) is 1.42. The van der Waals surface area contributed by atoms with Crippen molar-refractivity contribution in [3.05, 3.63) is 11.1 Å². The van der Waals surface area contributed by atoms with E-state index in [0.717, 1.165) is 12.0 Å². The maximum atomic E-state index is 12.0. The third kappa shape index (κ3) is 1.07. The molecule has 1 aliphatic carbocycles. The highest BCUT2D eigenvalue weighted by molar-refractivity contribution is 5.28. The third-order valence-electron chi connectivity index (χ3n) is 2.34. The van der Waals surface area contributed by atoms with Gasteiger partial charge in [-0.2, -0.15) is 0 Å². The fourth-order valence-electron chi connectivity index (χ4n) is 1.42. The molecule has 0 spiro atoms. The Balaban J connectivity index is 2.59. The summed E-state index contributed by atoms with van der Waals surface area (Å²) in [7, 11) is 0. The first-order chi connectivity index (χ1) is 4.66. The molecule has 58 valence electrons. The topological polar surface area (TPSA) is 0 Å². The van der Waals surface area contributed by atoms with Crippen LogP contribution in [0.25, 0.3) is 0 Å². The average Bonchev–Trinajstić information content (AvgIpc) is 1.85. The molecule has 0 radical (unpaired) electrons. The van der Waals surface area contributed by atoms with Gasteiger partial charge < -0.3 is 0 Å². The maximum Gasteiger partial charge on any atom is 0.260 e. The summed E-state index contributed by atoms with van der Waals surface area (Å²) in [4.78, 5) is 0. The quantitative estimate of drug-likeness (QED) is 0.525. The monoisotopic (exact) mass is 146 g/mol. The molecule has 0 aromatic heterocycles. The Hall–Kier alpha value is -0.400. The third-order valence-corrected chi connectivity index (χ3v) is 2.34. The first-order valence-electron chi connectivity index (χ1n) is 3.64. The van der Waals surface area contributed by atoms with Gasteiger partial charge in [-0.15, -0.1) is 0 Å². The van der Waals surface area contributed by atoms with Gasteiger partial charge in [-0.25, -0.2) is 8.78 Å². The van der Waals surface area contributed by atoms with Gasteiger partial charge in [0.05, 0.1) is 0 Å². The van der Waals surface area contributed by atoms with E-state index in [1.54, 1.807) is 0 Å². The summed E-state index contributed by atoms with van der Waals surface area (Å²) < 4.78 is 24.0. The zero-order chi connectivity index (χ0) is 7.72. The van der Waals surface area contributed by atoms with Crippen molar-refractivity contribution in [2.45, 2.75) is 33.1 Å².